The predicted octanol–water partition coefficient (Wildman–Crippen LogP) is 5.49. The molecule has 0 unspecified atom stereocenters. The maximum atomic E-state index is 6.66. The molecule has 0 N–H and O–H groups in total. The van der Waals surface area contributed by atoms with Crippen molar-refractivity contribution in [1.29, 1.82) is 0 Å². The molecule has 0 amide bonds. The van der Waals surface area contributed by atoms with Crippen molar-refractivity contribution >= 4 is 20.9 Å². The van der Waals surface area contributed by atoms with Crippen molar-refractivity contribution in [2.24, 2.45) is 0 Å². The second kappa shape index (κ2) is 6.68. The summed E-state index contributed by atoms with van der Waals surface area (Å²) in [5.41, 5.74) is 1.57. The molecule has 1 heterocycles. The fraction of sp³-hybridized carbons (Fsp3) is 0.714. The summed E-state index contributed by atoms with van der Waals surface area (Å²) in [4.78, 5) is 0. The zero-order valence-corrected chi connectivity index (χ0v) is 19.6. The number of hydrogen-bond donors (Lipinski definition) is 0. The van der Waals surface area contributed by atoms with E-state index in [1.807, 2.05) is 0 Å². The lowest BCUT2D eigenvalue weighted by atomic mass is 9.77. The molecule has 1 aliphatic rings. The quantitative estimate of drug-likeness (QED) is 0.650. The molecule has 1 saturated heterocycles. The molecule has 0 saturated carbocycles. The molecule has 26 heavy (non-hydrogen) atoms. The molecule has 0 spiro atoms. The van der Waals surface area contributed by atoms with Gasteiger partial charge in [0, 0.05) is 5.46 Å². The van der Waals surface area contributed by atoms with Gasteiger partial charge in [-0.1, -0.05) is 46.8 Å². The van der Waals surface area contributed by atoms with E-state index in [1.54, 1.807) is 0 Å². The van der Waals surface area contributed by atoms with Crippen LogP contribution in [0.1, 0.15) is 73.8 Å². The molecule has 3 nitrogen and oxygen atoms in total. The summed E-state index contributed by atoms with van der Waals surface area (Å²) in [6.07, 6.45) is 0. The Kier molecular flexibility index (Phi) is 5.53. The van der Waals surface area contributed by atoms with Crippen LogP contribution >= 0.6 is 0 Å². The average Bonchev–Trinajstić information content (AvgIpc) is 2.65. The Morgan fingerprint density at radius 2 is 1.50 bits per heavy atom. The Hall–Kier alpha value is -0.778. The molecule has 0 radical (unpaired) electrons. The van der Waals surface area contributed by atoms with Crippen molar-refractivity contribution in [2.45, 2.75) is 97.6 Å². The van der Waals surface area contributed by atoms with Crippen LogP contribution in [-0.4, -0.2) is 26.6 Å². The van der Waals surface area contributed by atoms with Gasteiger partial charge < -0.3 is 13.7 Å². The van der Waals surface area contributed by atoms with Crippen LogP contribution in [0.25, 0.3) is 0 Å². The van der Waals surface area contributed by atoms with E-state index in [0.717, 1.165) is 11.2 Å². The van der Waals surface area contributed by atoms with E-state index in [0.29, 0.717) is 5.92 Å². The van der Waals surface area contributed by atoms with Crippen molar-refractivity contribution in [2.75, 3.05) is 0 Å². The summed E-state index contributed by atoms with van der Waals surface area (Å²) in [6.45, 7) is 24.1. The molecule has 146 valence electrons. The van der Waals surface area contributed by atoms with Gasteiger partial charge >= 0.3 is 7.12 Å². The number of hydrogen-bond acceptors (Lipinski definition) is 3. The SMILES string of the molecule is CC(C)c1ccc(O[Si](C)(C)C(C)(C)C)c(B2OC(C)(C)C(C)(C)O2)c1. The topological polar surface area (TPSA) is 27.7 Å². The highest BCUT2D eigenvalue weighted by atomic mass is 28.4. The first-order valence-corrected chi connectivity index (χ1v) is 12.7. The smallest absolute Gasteiger partial charge is 0.498 e. The van der Waals surface area contributed by atoms with Crippen LogP contribution in [0.3, 0.4) is 0 Å². The van der Waals surface area contributed by atoms with Crippen molar-refractivity contribution < 1.29 is 13.7 Å². The zero-order chi connectivity index (χ0) is 20.1. The van der Waals surface area contributed by atoms with Crippen LogP contribution in [0.4, 0.5) is 0 Å². The minimum atomic E-state index is -1.96. The van der Waals surface area contributed by atoms with E-state index in [1.165, 1.54) is 5.56 Å². The Morgan fingerprint density at radius 1 is 1.00 bits per heavy atom. The minimum Gasteiger partial charge on any atom is -0.544 e. The summed E-state index contributed by atoms with van der Waals surface area (Å²) in [5, 5.41) is 0.136. The molecule has 0 aromatic heterocycles. The second-order valence-corrected chi connectivity index (χ2v) is 15.1. The number of rotatable bonds is 4. The predicted molar refractivity (Wildman–Crippen MR) is 114 cm³/mol. The maximum absolute atomic E-state index is 6.66. The van der Waals surface area contributed by atoms with Crippen molar-refractivity contribution in [1.82, 2.24) is 0 Å². The average molecular weight is 376 g/mol. The van der Waals surface area contributed by atoms with Crippen LogP contribution in [0.15, 0.2) is 18.2 Å². The van der Waals surface area contributed by atoms with Gasteiger partial charge in [0.25, 0.3) is 0 Å². The van der Waals surface area contributed by atoms with Crippen LogP contribution in [0.5, 0.6) is 5.75 Å². The standard InChI is InChI=1S/C21H37BO3Si/c1-15(2)16-12-13-18(23-26(10,11)19(3,4)5)17(14-16)22-24-20(6,7)21(8,9)25-22/h12-15H,1-11H3. The monoisotopic (exact) mass is 376 g/mol. The molecule has 1 aromatic rings. The van der Waals surface area contributed by atoms with Gasteiger partial charge in [0.05, 0.1) is 11.2 Å². The normalized spacial score (nSPS) is 19.9. The first-order valence-electron chi connectivity index (χ1n) is 9.76. The summed E-state index contributed by atoms with van der Waals surface area (Å²) in [7, 11) is -2.36. The first kappa shape index (κ1) is 21.5. The fourth-order valence-electron chi connectivity index (χ4n) is 2.60. The highest BCUT2D eigenvalue weighted by Gasteiger charge is 2.53. The lowest BCUT2D eigenvalue weighted by Crippen LogP contribution is -2.46. The Bertz CT molecular complexity index is 644. The van der Waals surface area contributed by atoms with E-state index in [2.05, 4.69) is 93.6 Å². The Labute approximate surface area is 162 Å². The van der Waals surface area contributed by atoms with Gasteiger partial charge in [0.1, 0.15) is 5.75 Å². The molecule has 0 atom stereocenters. The minimum absolute atomic E-state index is 0.136. The van der Waals surface area contributed by atoms with E-state index in [9.17, 15) is 0 Å². The second-order valence-electron chi connectivity index (χ2n) is 10.4. The molecule has 0 aliphatic carbocycles. The third-order valence-corrected chi connectivity index (χ3v) is 10.7. The molecule has 1 aliphatic heterocycles. The molecule has 5 heteroatoms. The zero-order valence-electron chi connectivity index (χ0n) is 18.6. The van der Waals surface area contributed by atoms with E-state index in [-0.39, 0.29) is 16.2 Å². The van der Waals surface area contributed by atoms with Gasteiger partial charge in [-0.15, -0.1) is 0 Å². The summed E-state index contributed by atoms with van der Waals surface area (Å²) in [5.74, 6) is 1.34. The van der Waals surface area contributed by atoms with E-state index in [4.69, 9.17) is 13.7 Å². The van der Waals surface area contributed by atoms with Gasteiger partial charge in [0.15, 0.2) is 0 Å². The number of benzene rings is 1. The van der Waals surface area contributed by atoms with Gasteiger partial charge in [-0.25, -0.2) is 0 Å². The van der Waals surface area contributed by atoms with Crippen molar-refractivity contribution in [3.63, 3.8) is 0 Å². The molecular weight excluding hydrogens is 339 g/mol. The van der Waals surface area contributed by atoms with E-state index >= 15 is 0 Å². The Morgan fingerprint density at radius 3 is 1.92 bits per heavy atom. The third-order valence-electron chi connectivity index (χ3n) is 6.38. The third kappa shape index (κ3) is 4.05. The van der Waals surface area contributed by atoms with Gasteiger partial charge in [-0.2, -0.15) is 0 Å². The molecule has 0 bridgehead atoms. The van der Waals surface area contributed by atoms with Gasteiger partial charge in [-0.3, -0.25) is 0 Å². The Balaban J connectivity index is 2.48. The summed E-state index contributed by atoms with van der Waals surface area (Å²) >= 11 is 0. The maximum Gasteiger partial charge on any atom is 0.498 e. The summed E-state index contributed by atoms with van der Waals surface area (Å²) in [6, 6.07) is 6.48. The van der Waals surface area contributed by atoms with Crippen LogP contribution in [0.2, 0.25) is 18.1 Å². The first-order chi connectivity index (χ1) is 11.6. The van der Waals surface area contributed by atoms with Crippen LogP contribution in [-0.2, 0) is 9.31 Å². The summed E-state index contributed by atoms with van der Waals surface area (Å²) < 4.78 is 19.3. The van der Waals surface area contributed by atoms with Gasteiger partial charge in [0.2, 0.25) is 8.32 Å². The largest absolute Gasteiger partial charge is 0.544 e. The lowest BCUT2D eigenvalue weighted by Gasteiger charge is -2.37. The lowest BCUT2D eigenvalue weighted by molar-refractivity contribution is 0.00578. The van der Waals surface area contributed by atoms with E-state index < -0.39 is 15.4 Å². The van der Waals surface area contributed by atoms with Crippen molar-refractivity contribution in [3.05, 3.63) is 23.8 Å². The highest BCUT2D eigenvalue weighted by molar-refractivity contribution is 6.75. The molecule has 2 rings (SSSR count). The van der Waals surface area contributed by atoms with Gasteiger partial charge in [-0.05, 0) is 63.4 Å². The molecule has 1 fully saturated rings. The van der Waals surface area contributed by atoms with Crippen LogP contribution < -0.4 is 9.89 Å². The highest BCUT2D eigenvalue weighted by Crippen LogP contribution is 2.40. The molecular formula is C21H37BO3Si. The van der Waals surface area contributed by atoms with Crippen molar-refractivity contribution in [3.8, 4) is 5.75 Å². The fourth-order valence-corrected chi connectivity index (χ4v) is 3.64. The van der Waals surface area contributed by atoms with Crippen LogP contribution in [0, 0.1) is 0 Å². The molecule has 1 aromatic carbocycles.